The summed E-state index contributed by atoms with van der Waals surface area (Å²) < 4.78 is 5.17. The molecule has 1 saturated carbocycles. The summed E-state index contributed by atoms with van der Waals surface area (Å²) in [5.41, 5.74) is 0. The summed E-state index contributed by atoms with van der Waals surface area (Å²) in [5.74, 6) is 1.22. The lowest BCUT2D eigenvalue weighted by Crippen LogP contribution is -2.10. The van der Waals surface area contributed by atoms with Crippen LogP contribution in [0.15, 0.2) is 0 Å². The zero-order valence-electron chi connectivity index (χ0n) is 9.05. The summed E-state index contributed by atoms with van der Waals surface area (Å²) in [5, 5.41) is 7.57. The van der Waals surface area contributed by atoms with E-state index >= 15 is 0 Å². The van der Waals surface area contributed by atoms with Crippen molar-refractivity contribution in [3.63, 3.8) is 0 Å². The fraction of sp³-hybridized carbons (Fsp3) is 0.909. The van der Waals surface area contributed by atoms with E-state index in [2.05, 4.69) is 0 Å². The van der Waals surface area contributed by atoms with Crippen molar-refractivity contribution >= 4 is 18.3 Å². The van der Waals surface area contributed by atoms with Gasteiger partial charge in [-0.25, -0.2) is 0 Å². The van der Waals surface area contributed by atoms with E-state index in [-0.39, 0.29) is 12.4 Å². The van der Waals surface area contributed by atoms with Crippen LogP contribution in [0.25, 0.3) is 0 Å². The van der Waals surface area contributed by atoms with Crippen molar-refractivity contribution in [1.29, 1.82) is 5.41 Å². The van der Waals surface area contributed by atoms with E-state index in [4.69, 9.17) is 10.1 Å². The van der Waals surface area contributed by atoms with Crippen molar-refractivity contribution < 1.29 is 4.74 Å². The third-order valence-corrected chi connectivity index (χ3v) is 2.77. The van der Waals surface area contributed by atoms with Gasteiger partial charge in [-0.15, -0.1) is 12.4 Å². The van der Waals surface area contributed by atoms with Crippen LogP contribution in [0, 0.1) is 11.3 Å². The van der Waals surface area contributed by atoms with Gasteiger partial charge < -0.3 is 4.74 Å². The van der Waals surface area contributed by atoms with Crippen LogP contribution in [-0.4, -0.2) is 12.5 Å². The van der Waals surface area contributed by atoms with Gasteiger partial charge in [0.05, 0.1) is 6.61 Å². The Morgan fingerprint density at radius 3 is 2.29 bits per heavy atom. The van der Waals surface area contributed by atoms with Crippen LogP contribution < -0.4 is 0 Å². The lowest BCUT2D eigenvalue weighted by atomic mass is 9.97. The first-order chi connectivity index (χ1) is 6.33. The third-order valence-electron chi connectivity index (χ3n) is 2.77. The quantitative estimate of drug-likeness (QED) is 0.438. The molecule has 0 aromatic rings. The highest BCUT2D eigenvalue weighted by Gasteiger charge is 2.14. The zero-order chi connectivity index (χ0) is 9.52. The van der Waals surface area contributed by atoms with Crippen molar-refractivity contribution in [1.82, 2.24) is 0 Å². The van der Waals surface area contributed by atoms with E-state index in [0.29, 0.717) is 12.5 Å². The Morgan fingerprint density at radius 2 is 1.79 bits per heavy atom. The summed E-state index contributed by atoms with van der Waals surface area (Å²) in [6, 6.07) is 0. The number of rotatable bonds is 3. The Hall–Kier alpha value is -0.240. The molecule has 0 unspecified atom stereocenters. The second-order valence-electron chi connectivity index (χ2n) is 3.92. The van der Waals surface area contributed by atoms with E-state index in [1.54, 1.807) is 0 Å². The SMILES string of the molecule is CCOC(=N)CC1CCCCCC1.Cl. The topological polar surface area (TPSA) is 33.1 Å². The Balaban J connectivity index is 0.00000169. The Kier molecular flexibility index (Phi) is 7.96. The monoisotopic (exact) mass is 219 g/mol. The van der Waals surface area contributed by atoms with Crippen LogP contribution in [0.5, 0.6) is 0 Å². The lowest BCUT2D eigenvalue weighted by Gasteiger charge is -2.13. The molecule has 1 fully saturated rings. The number of hydrogen-bond acceptors (Lipinski definition) is 2. The van der Waals surface area contributed by atoms with Gasteiger partial charge in [0, 0.05) is 6.42 Å². The molecular formula is C11H22ClNO. The molecule has 0 aromatic carbocycles. The van der Waals surface area contributed by atoms with Crippen molar-refractivity contribution in [2.24, 2.45) is 5.92 Å². The molecule has 1 aliphatic carbocycles. The van der Waals surface area contributed by atoms with Crippen molar-refractivity contribution in [3.8, 4) is 0 Å². The summed E-state index contributed by atoms with van der Waals surface area (Å²) in [6.07, 6.45) is 8.95. The molecule has 0 bridgehead atoms. The van der Waals surface area contributed by atoms with Crippen molar-refractivity contribution in [2.45, 2.75) is 51.9 Å². The van der Waals surface area contributed by atoms with E-state index in [1.165, 1.54) is 38.5 Å². The minimum atomic E-state index is 0. The molecule has 3 heteroatoms. The van der Waals surface area contributed by atoms with Crippen LogP contribution in [-0.2, 0) is 4.74 Å². The van der Waals surface area contributed by atoms with E-state index in [9.17, 15) is 0 Å². The summed E-state index contributed by atoms with van der Waals surface area (Å²) in [4.78, 5) is 0. The van der Waals surface area contributed by atoms with Crippen molar-refractivity contribution in [2.75, 3.05) is 6.61 Å². The molecule has 0 radical (unpaired) electrons. The summed E-state index contributed by atoms with van der Waals surface area (Å²) >= 11 is 0. The molecule has 1 N–H and O–H groups in total. The van der Waals surface area contributed by atoms with Gasteiger partial charge in [-0.3, -0.25) is 5.41 Å². The molecule has 0 atom stereocenters. The largest absolute Gasteiger partial charge is 0.481 e. The van der Waals surface area contributed by atoms with Crippen LogP contribution in [0.1, 0.15) is 51.9 Å². The number of nitrogens with one attached hydrogen (secondary N) is 1. The highest BCUT2D eigenvalue weighted by Crippen LogP contribution is 2.25. The van der Waals surface area contributed by atoms with Crippen LogP contribution in [0.3, 0.4) is 0 Å². The average Bonchev–Trinajstić information content (AvgIpc) is 2.33. The first-order valence-electron chi connectivity index (χ1n) is 5.53. The standard InChI is InChI=1S/C11H21NO.ClH/c1-2-13-11(12)9-10-7-5-3-4-6-8-10;/h10,12H,2-9H2,1H3;1H. The molecule has 1 rings (SSSR count). The van der Waals surface area contributed by atoms with Gasteiger partial charge in [0.1, 0.15) is 0 Å². The normalized spacial score (nSPS) is 18.1. The molecule has 0 saturated heterocycles. The fourth-order valence-corrected chi connectivity index (χ4v) is 2.06. The molecule has 1 aliphatic rings. The van der Waals surface area contributed by atoms with Gasteiger partial charge in [0.2, 0.25) is 0 Å². The molecular weight excluding hydrogens is 198 g/mol. The van der Waals surface area contributed by atoms with Crippen LogP contribution in [0.2, 0.25) is 0 Å². The zero-order valence-corrected chi connectivity index (χ0v) is 9.87. The Labute approximate surface area is 93.3 Å². The second kappa shape index (κ2) is 8.10. The predicted octanol–water partition coefficient (Wildman–Crippen LogP) is 3.78. The maximum Gasteiger partial charge on any atom is 0.180 e. The van der Waals surface area contributed by atoms with Gasteiger partial charge in [-0.05, 0) is 25.7 Å². The van der Waals surface area contributed by atoms with Gasteiger partial charge >= 0.3 is 0 Å². The highest BCUT2D eigenvalue weighted by molar-refractivity contribution is 5.85. The maximum absolute atomic E-state index is 7.57. The molecule has 0 aliphatic heterocycles. The predicted molar refractivity (Wildman–Crippen MR) is 62.4 cm³/mol. The number of ether oxygens (including phenoxy) is 1. The van der Waals surface area contributed by atoms with Crippen molar-refractivity contribution in [3.05, 3.63) is 0 Å². The first-order valence-corrected chi connectivity index (χ1v) is 5.53. The molecule has 0 aromatic heterocycles. The molecule has 0 spiro atoms. The van der Waals surface area contributed by atoms with Gasteiger partial charge in [0.15, 0.2) is 5.90 Å². The number of halogens is 1. The molecule has 0 heterocycles. The number of hydrogen-bond donors (Lipinski definition) is 1. The minimum absolute atomic E-state index is 0. The van der Waals surface area contributed by atoms with Crippen LogP contribution >= 0.6 is 12.4 Å². The lowest BCUT2D eigenvalue weighted by molar-refractivity contribution is 0.299. The minimum Gasteiger partial charge on any atom is -0.481 e. The van der Waals surface area contributed by atoms with E-state index in [1.807, 2.05) is 6.92 Å². The summed E-state index contributed by atoms with van der Waals surface area (Å²) in [7, 11) is 0. The van der Waals surface area contributed by atoms with E-state index < -0.39 is 0 Å². The molecule has 84 valence electrons. The smallest absolute Gasteiger partial charge is 0.180 e. The van der Waals surface area contributed by atoms with Gasteiger partial charge in [-0.2, -0.15) is 0 Å². The average molecular weight is 220 g/mol. The third kappa shape index (κ3) is 5.48. The molecule has 14 heavy (non-hydrogen) atoms. The maximum atomic E-state index is 7.57. The molecule has 2 nitrogen and oxygen atoms in total. The second-order valence-corrected chi connectivity index (χ2v) is 3.92. The van der Waals surface area contributed by atoms with Gasteiger partial charge in [-0.1, -0.05) is 25.7 Å². The Morgan fingerprint density at radius 1 is 1.21 bits per heavy atom. The van der Waals surface area contributed by atoms with Crippen LogP contribution in [0.4, 0.5) is 0 Å². The Bertz CT molecular complexity index is 153. The van der Waals surface area contributed by atoms with Gasteiger partial charge in [0.25, 0.3) is 0 Å². The fourth-order valence-electron chi connectivity index (χ4n) is 2.06. The van der Waals surface area contributed by atoms with E-state index in [0.717, 1.165) is 12.3 Å². The first kappa shape index (κ1) is 13.8. The highest BCUT2D eigenvalue weighted by atomic mass is 35.5. The summed E-state index contributed by atoms with van der Waals surface area (Å²) in [6.45, 7) is 2.59. The molecule has 0 amide bonds.